The van der Waals surface area contributed by atoms with Crippen molar-refractivity contribution in [3.63, 3.8) is 0 Å². The van der Waals surface area contributed by atoms with Gasteiger partial charge in [-0.25, -0.2) is 0 Å². The van der Waals surface area contributed by atoms with Gasteiger partial charge in [-0.3, -0.25) is 9.78 Å². The van der Waals surface area contributed by atoms with Crippen LogP contribution in [0.15, 0.2) is 48.7 Å². The van der Waals surface area contributed by atoms with E-state index in [2.05, 4.69) is 15.2 Å². The molecule has 5 heteroatoms. The maximum Gasteiger partial charge on any atom is 0.251 e. The van der Waals surface area contributed by atoms with Crippen LogP contribution in [0, 0.1) is 6.92 Å². The summed E-state index contributed by atoms with van der Waals surface area (Å²) in [4.78, 5) is 18.7. The number of rotatable bonds is 6. The maximum absolute atomic E-state index is 12.4. The standard InChI is InChI=1S/C22H25N3O2/c1-15-12-16(7-8-19(15)22(27)24-10-5-11-25(2)3)18-13-17-6-4-9-23-21(17)20(26)14-18/h4,6-9,12-14,26H,5,10-11H2,1-3H3,(H,24,27). The monoisotopic (exact) mass is 363 g/mol. The van der Waals surface area contributed by atoms with Crippen LogP contribution < -0.4 is 5.32 Å². The van der Waals surface area contributed by atoms with Gasteiger partial charge >= 0.3 is 0 Å². The first kappa shape index (κ1) is 18.9. The van der Waals surface area contributed by atoms with E-state index in [1.165, 1.54) is 0 Å². The zero-order chi connectivity index (χ0) is 19.4. The number of aryl methyl sites for hydroxylation is 1. The Balaban J connectivity index is 1.79. The van der Waals surface area contributed by atoms with E-state index in [1.807, 2.05) is 57.4 Å². The highest BCUT2D eigenvalue weighted by Gasteiger charge is 2.11. The van der Waals surface area contributed by atoms with Crippen molar-refractivity contribution in [2.45, 2.75) is 13.3 Å². The quantitative estimate of drug-likeness (QED) is 0.657. The summed E-state index contributed by atoms with van der Waals surface area (Å²) in [5.74, 6) is 0.104. The molecule has 0 saturated heterocycles. The van der Waals surface area contributed by atoms with Crippen molar-refractivity contribution < 1.29 is 9.90 Å². The Morgan fingerprint density at radius 2 is 1.96 bits per heavy atom. The van der Waals surface area contributed by atoms with E-state index >= 15 is 0 Å². The van der Waals surface area contributed by atoms with E-state index in [0.29, 0.717) is 17.6 Å². The van der Waals surface area contributed by atoms with Crippen LogP contribution >= 0.6 is 0 Å². The fourth-order valence-corrected chi connectivity index (χ4v) is 3.13. The summed E-state index contributed by atoms with van der Waals surface area (Å²) in [5.41, 5.74) is 4.03. The summed E-state index contributed by atoms with van der Waals surface area (Å²) >= 11 is 0. The molecule has 0 bridgehead atoms. The molecule has 0 spiro atoms. The molecule has 5 nitrogen and oxygen atoms in total. The van der Waals surface area contributed by atoms with Gasteiger partial charge in [0.15, 0.2) is 0 Å². The van der Waals surface area contributed by atoms with E-state index < -0.39 is 0 Å². The molecule has 3 rings (SSSR count). The van der Waals surface area contributed by atoms with Crippen LogP contribution in [-0.4, -0.2) is 48.1 Å². The third kappa shape index (κ3) is 4.44. The van der Waals surface area contributed by atoms with E-state index in [9.17, 15) is 9.90 Å². The van der Waals surface area contributed by atoms with Crippen LogP contribution in [0.25, 0.3) is 22.0 Å². The SMILES string of the molecule is Cc1cc(-c2cc(O)c3ncccc3c2)ccc1C(=O)NCCCN(C)C. The van der Waals surface area contributed by atoms with Crippen molar-refractivity contribution in [1.82, 2.24) is 15.2 Å². The number of hydrogen-bond donors (Lipinski definition) is 2. The second-order valence-electron chi connectivity index (χ2n) is 7.01. The van der Waals surface area contributed by atoms with Gasteiger partial charge in [0.2, 0.25) is 0 Å². The minimum absolute atomic E-state index is 0.0524. The fraction of sp³-hybridized carbons (Fsp3) is 0.273. The maximum atomic E-state index is 12.4. The molecule has 1 heterocycles. The molecule has 2 aromatic carbocycles. The molecule has 3 aromatic rings. The Bertz CT molecular complexity index is 967. The van der Waals surface area contributed by atoms with Crippen LogP contribution in [0.3, 0.4) is 0 Å². The predicted molar refractivity (Wildman–Crippen MR) is 109 cm³/mol. The van der Waals surface area contributed by atoms with Crippen molar-refractivity contribution in [1.29, 1.82) is 0 Å². The molecular formula is C22H25N3O2. The average Bonchev–Trinajstić information content (AvgIpc) is 2.64. The second-order valence-corrected chi connectivity index (χ2v) is 7.01. The summed E-state index contributed by atoms with van der Waals surface area (Å²) in [5, 5.41) is 14.1. The molecule has 140 valence electrons. The van der Waals surface area contributed by atoms with Gasteiger partial charge in [0, 0.05) is 23.7 Å². The van der Waals surface area contributed by atoms with E-state index in [1.54, 1.807) is 12.3 Å². The number of carbonyl (C=O) groups excluding carboxylic acids is 1. The van der Waals surface area contributed by atoms with Gasteiger partial charge in [-0.1, -0.05) is 18.2 Å². The first-order valence-electron chi connectivity index (χ1n) is 9.07. The Morgan fingerprint density at radius 1 is 1.15 bits per heavy atom. The zero-order valence-corrected chi connectivity index (χ0v) is 16.0. The smallest absolute Gasteiger partial charge is 0.251 e. The van der Waals surface area contributed by atoms with E-state index in [4.69, 9.17) is 0 Å². The van der Waals surface area contributed by atoms with Gasteiger partial charge in [0.1, 0.15) is 11.3 Å². The average molecular weight is 363 g/mol. The third-order valence-corrected chi connectivity index (χ3v) is 4.56. The normalized spacial score (nSPS) is 11.1. The van der Waals surface area contributed by atoms with Crippen LogP contribution in [0.1, 0.15) is 22.3 Å². The number of carbonyl (C=O) groups is 1. The molecule has 0 radical (unpaired) electrons. The molecule has 1 aromatic heterocycles. The van der Waals surface area contributed by atoms with E-state index in [0.717, 1.165) is 35.0 Å². The summed E-state index contributed by atoms with van der Waals surface area (Å²) in [6, 6.07) is 13.2. The minimum Gasteiger partial charge on any atom is -0.506 e. The lowest BCUT2D eigenvalue weighted by Crippen LogP contribution is -2.27. The largest absolute Gasteiger partial charge is 0.506 e. The van der Waals surface area contributed by atoms with Crippen molar-refractivity contribution >= 4 is 16.8 Å². The number of nitrogens with zero attached hydrogens (tertiary/aromatic N) is 2. The van der Waals surface area contributed by atoms with Crippen molar-refractivity contribution in [2.75, 3.05) is 27.2 Å². The van der Waals surface area contributed by atoms with Crippen molar-refractivity contribution in [3.05, 3.63) is 59.8 Å². The van der Waals surface area contributed by atoms with Gasteiger partial charge in [-0.2, -0.15) is 0 Å². The number of pyridine rings is 1. The van der Waals surface area contributed by atoms with E-state index in [-0.39, 0.29) is 11.7 Å². The topological polar surface area (TPSA) is 65.5 Å². The van der Waals surface area contributed by atoms with Crippen LogP contribution in [0.4, 0.5) is 0 Å². The molecule has 0 saturated carbocycles. The lowest BCUT2D eigenvalue weighted by atomic mass is 9.98. The van der Waals surface area contributed by atoms with Crippen LogP contribution in [-0.2, 0) is 0 Å². The van der Waals surface area contributed by atoms with Gasteiger partial charge in [-0.15, -0.1) is 0 Å². The molecule has 0 aliphatic rings. The molecule has 27 heavy (non-hydrogen) atoms. The van der Waals surface area contributed by atoms with Gasteiger partial charge < -0.3 is 15.3 Å². The molecule has 1 amide bonds. The number of nitrogens with one attached hydrogen (secondary N) is 1. The number of fused-ring (bicyclic) bond motifs is 1. The second kappa shape index (κ2) is 8.18. The molecule has 2 N–H and O–H groups in total. The zero-order valence-electron chi connectivity index (χ0n) is 16.0. The number of hydrogen-bond acceptors (Lipinski definition) is 4. The highest BCUT2D eigenvalue weighted by Crippen LogP contribution is 2.31. The number of amides is 1. The molecule has 0 aliphatic carbocycles. The summed E-state index contributed by atoms with van der Waals surface area (Å²) in [7, 11) is 4.04. The number of phenolic OH excluding ortho intramolecular Hbond substituents is 1. The predicted octanol–water partition coefficient (Wildman–Crippen LogP) is 3.60. The van der Waals surface area contributed by atoms with Crippen molar-refractivity contribution in [2.24, 2.45) is 0 Å². The van der Waals surface area contributed by atoms with Crippen molar-refractivity contribution in [3.8, 4) is 16.9 Å². The summed E-state index contributed by atoms with van der Waals surface area (Å²) in [6.07, 6.45) is 2.58. The Labute approximate surface area is 159 Å². The summed E-state index contributed by atoms with van der Waals surface area (Å²) in [6.45, 7) is 3.53. The third-order valence-electron chi connectivity index (χ3n) is 4.56. The van der Waals surface area contributed by atoms with Gasteiger partial charge in [0.05, 0.1) is 0 Å². The van der Waals surface area contributed by atoms with Crippen LogP contribution in [0.2, 0.25) is 0 Å². The first-order chi connectivity index (χ1) is 13.0. The molecule has 0 fully saturated rings. The van der Waals surface area contributed by atoms with Crippen LogP contribution in [0.5, 0.6) is 5.75 Å². The van der Waals surface area contributed by atoms with Gasteiger partial charge in [0.25, 0.3) is 5.91 Å². The Kier molecular flexibility index (Phi) is 5.72. The first-order valence-corrected chi connectivity index (χ1v) is 9.07. The lowest BCUT2D eigenvalue weighted by Gasteiger charge is -2.12. The van der Waals surface area contributed by atoms with Gasteiger partial charge in [-0.05, 0) is 74.9 Å². The number of aromatic hydroxyl groups is 1. The molecule has 0 atom stereocenters. The highest BCUT2D eigenvalue weighted by atomic mass is 16.3. The summed E-state index contributed by atoms with van der Waals surface area (Å²) < 4.78 is 0. The Hall–Kier alpha value is -2.92. The molecular weight excluding hydrogens is 338 g/mol. The number of phenols is 1. The molecule has 0 unspecified atom stereocenters. The number of aromatic nitrogens is 1. The minimum atomic E-state index is -0.0524. The Morgan fingerprint density at radius 3 is 2.70 bits per heavy atom. The molecule has 0 aliphatic heterocycles. The highest BCUT2D eigenvalue weighted by molar-refractivity contribution is 5.96. The fourth-order valence-electron chi connectivity index (χ4n) is 3.13. The number of benzene rings is 2. The lowest BCUT2D eigenvalue weighted by molar-refractivity contribution is 0.0951.